The third-order valence-corrected chi connectivity index (χ3v) is 5.28. The minimum Gasteiger partial charge on any atom is -0.497 e. The molecule has 0 aliphatic carbocycles. The average molecular weight is 366 g/mol. The summed E-state index contributed by atoms with van der Waals surface area (Å²) in [6, 6.07) is 14.5. The van der Waals surface area contributed by atoms with Gasteiger partial charge in [-0.05, 0) is 29.3 Å². The highest BCUT2D eigenvalue weighted by molar-refractivity contribution is 5.88. The number of hydrogen-bond acceptors (Lipinski definition) is 6. The highest BCUT2D eigenvalue weighted by Gasteiger charge is 2.41. The van der Waals surface area contributed by atoms with E-state index < -0.39 is 6.04 Å². The van der Waals surface area contributed by atoms with Gasteiger partial charge in [-0.25, -0.2) is 5.01 Å². The van der Waals surface area contributed by atoms with E-state index in [0.29, 0.717) is 6.42 Å². The summed E-state index contributed by atoms with van der Waals surface area (Å²) in [6.07, 6.45) is 0.440. The standard InChI is InChI=1S/C20H22N4O3/c1-26-13-9-7-12(8-10-13)18-19-15(11-17(24(18)22)20(25)27-2)14-5-3-4-6-16(14)23(19)21/h3-10,17-18H,11,21-22H2,1-2H3/t17-,18-/m0/s1. The Hall–Kier alpha value is -3.03. The Morgan fingerprint density at radius 3 is 2.44 bits per heavy atom. The van der Waals surface area contributed by atoms with Crippen molar-refractivity contribution < 1.29 is 14.3 Å². The van der Waals surface area contributed by atoms with E-state index in [9.17, 15) is 4.79 Å². The second-order valence-corrected chi connectivity index (χ2v) is 6.62. The molecule has 0 saturated carbocycles. The third kappa shape index (κ3) is 2.63. The van der Waals surface area contributed by atoms with Gasteiger partial charge in [0.15, 0.2) is 0 Å². The number of methoxy groups -OCH3 is 2. The van der Waals surface area contributed by atoms with E-state index in [1.807, 2.05) is 48.5 Å². The molecule has 2 heterocycles. The van der Waals surface area contributed by atoms with Crippen LogP contribution in [0.2, 0.25) is 0 Å². The molecule has 0 spiro atoms. The summed E-state index contributed by atoms with van der Waals surface area (Å²) in [4.78, 5) is 12.4. The lowest BCUT2D eigenvalue weighted by Gasteiger charge is -2.38. The molecule has 140 valence electrons. The van der Waals surface area contributed by atoms with Gasteiger partial charge in [0, 0.05) is 11.8 Å². The Bertz CT molecular complexity index is 996. The van der Waals surface area contributed by atoms with Crippen LogP contribution in [0.4, 0.5) is 0 Å². The molecule has 7 nitrogen and oxygen atoms in total. The number of nitrogens with zero attached hydrogens (tertiary/aromatic N) is 2. The van der Waals surface area contributed by atoms with Gasteiger partial charge in [0.2, 0.25) is 0 Å². The number of fused-ring (bicyclic) bond motifs is 3. The number of aromatic nitrogens is 1. The summed E-state index contributed by atoms with van der Waals surface area (Å²) >= 11 is 0. The Morgan fingerprint density at radius 1 is 1.07 bits per heavy atom. The Balaban J connectivity index is 1.94. The molecule has 0 fully saturated rings. The molecule has 0 amide bonds. The fourth-order valence-electron chi connectivity index (χ4n) is 3.94. The third-order valence-electron chi connectivity index (χ3n) is 5.28. The number of carbonyl (C=O) groups excluding carboxylic acids is 1. The number of carbonyl (C=O) groups is 1. The minimum absolute atomic E-state index is 0.365. The second kappa shape index (κ2) is 6.61. The van der Waals surface area contributed by atoms with Crippen LogP contribution in [0.5, 0.6) is 5.75 Å². The lowest BCUT2D eigenvalue weighted by molar-refractivity contribution is -0.148. The molecule has 0 saturated heterocycles. The van der Waals surface area contributed by atoms with Crippen LogP contribution in [-0.4, -0.2) is 35.9 Å². The first-order chi connectivity index (χ1) is 13.1. The first-order valence-corrected chi connectivity index (χ1v) is 8.69. The zero-order chi connectivity index (χ0) is 19.1. The molecule has 2 atom stereocenters. The average Bonchev–Trinajstić information content (AvgIpc) is 2.99. The zero-order valence-corrected chi connectivity index (χ0v) is 15.3. The van der Waals surface area contributed by atoms with Crippen LogP contribution in [0, 0.1) is 0 Å². The van der Waals surface area contributed by atoms with Gasteiger partial charge >= 0.3 is 5.97 Å². The summed E-state index contributed by atoms with van der Waals surface area (Å²) in [6.45, 7) is 0. The Labute approximate surface area is 157 Å². The van der Waals surface area contributed by atoms with Crippen molar-refractivity contribution in [3.63, 3.8) is 0 Å². The number of benzene rings is 2. The number of nitrogen functional groups attached to an aromatic ring is 1. The van der Waals surface area contributed by atoms with E-state index in [1.54, 1.807) is 11.8 Å². The van der Waals surface area contributed by atoms with Crippen LogP contribution >= 0.6 is 0 Å². The maximum atomic E-state index is 12.4. The van der Waals surface area contributed by atoms with Gasteiger partial charge in [-0.3, -0.25) is 15.3 Å². The summed E-state index contributed by atoms with van der Waals surface area (Å²) in [5, 5.41) is 2.56. The van der Waals surface area contributed by atoms with E-state index in [2.05, 4.69) is 0 Å². The minimum atomic E-state index is -0.597. The van der Waals surface area contributed by atoms with Gasteiger partial charge in [-0.1, -0.05) is 30.3 Å². The number of ether oxygens (including phenoxy) is 2. The van der Waals surface area contributed by atoms with Crippen molar-refractivity contribution in [3.8, 4) is 5.75 Å². The molecule has 1 aliphatic rings. The highest BCUT2D eigenvalue weighted by atomic mass is 16.5. The fraction of sp³-hybridized carbons (Fsp3) is 0.250. The quantitative estimate of drug-likeness (QED) is 0.541. The molecule has 4 N–H and O–H groups in total. The number of rotatable bonds is 3. The Morgan fingerprint density at radius 2 is 1.78 bits per heavy atom. The molecule has 0 bridgehead atoms. The van der Waals surface area contributed by atoms with Gasteiger partial charge in [0.25, 0.3) is 0 Å². The predicted octanol–water partition coefficient (Wildman–Crippen LogP) is 1.73. The second-order valence-electron chi connectivity index (χ2n) is 6.62. The molecule has 1 aliphatic heterocycles. The zero-order valence-electron chi connectivity index (χ0n) is 15.3. The van der Waals surface area contributed by atoms with E-state index in [0.717, 1.165) is 33.5 Å². The number of para-hydroxylation sites is 1. The largest absolute Gasteiger partial charge is 0.497 e. The predicted molar refractivity (Wildman–Crippen MR) is 102 cm³/mol. The maximum absolute atomic E-state index is 12.4. The van der Waals surface area contributed by atoms with Gasteiger partial charge in [-0.2, -0.15) is 0 Å². The van der Waals surface area contributed by atoms with Crippen molar-refractivity contribution in [2.24, 2.45) is 5.84 Å². The summed E-state index contributed by atoms with van der Waals surface area (Å²) in [5.74, 6) is 13.3. The van der Waals surface area contributed by atoms with Crippen molar-refractivity contribution in [1.82, 2.24) is 9.69 Å². The molecule has 2 aromatic carbocycles. The molecule has 0 radical (unpaired) electrons. The molecule has 27 heavy (non-hydrogen) atoms. The molecular formula is C20H22N4O3. The van der Waals surface area contributed by atoms with E-state index in [1.165, 1.54) is 12.1 Å². The summed E-state index contributed by atoms with van der Waals surface area (Å²) < 4.78 is 11.9. The summed E-state index contributed by atoms with van der Waals surface area (Å²) in [5.41, 5.74) is 3.72. The lowest BCUT2D eigenvalue weighted by atomic mass is 9.89. The van der Waals surface area contributed by atoms with Crippen molar-refractivity contribution in [1.29, 1.82) is 0 Å². The molecule has 4 rings (SSSR count). The molecular weight excluding hydrogens is 344 g/mol. The van der Waals surface area contributed by atoms with Crippen LogP contribution in [0.25, 0.3) is 10.9 Å². The number of hydrazine groups is 1. The SMILES string of the molecule is COC(=O)[C@@H]1Cc2c(n(N)c3ccccc23)[C@H](c2ccc(OC)cc2)N1N. The van der Waals surface area contributed by atoms with Crippen LogP contribution in [0.3, 0.4) is 0 Å². The first-order valence-electron chi connectivity index (χ1n) is 8.69. The van der Waals surface area contributed by atoms with Gasteiger partial charge < -0.3 is 15.3 Å². The highest BCUT2D eigenvalue weighted by Crippen LogP contribution is 2.40. The molecule has 3 aromatic rings. The van der Waals surface area contributed by atoms with Crippen molar-refractivity contribution in [3.05, 3.63) is 65.4 Å². The number of nitrogens with two attached hydrogens (primary N) is 2. The normalized spacial score (nSPS) is 19.7. The smallest absolute Gasteiger partial charge is 0.324 e. The van der Waals surface area contributed by atoms with Crippen LogP contribution in [0.1, 0.15) is 22.9 Å². The van der Waals surface area contributed by atoms with Crippen molar-refractivity contribution in [2.45, 2.75) is 18.5 Å². The first kappa shape index (κ1) is 17.4. The van der Waals surface area contributed by atoms with E-state index >= 15 is 0 Å². The molecule has 7 heteroatoms. The van der Waals surface area contributed by atoms with E-state index in [-0.39, 0.29) is 12.0 Å². The van der Waals surface area contributed by atoms with Gasteiger partial charge in [0.1, 0.15) is 11.8 Å². The number of hydrogen-bond donors (Lipinski definition) is 2. The fourth-order valence-corrected chi connectivity index (χ4v) is 3.94. The van der Waals surface area contributed by atoms with Gasteiger partial charge in [-0.15, -0.1) is 0 Å². The number of esters is 1. The van der Waals surface area contributed by atoms with E-state index in [4.69, 9.17) is 21.2 Å². The van der Waals surface area contributed by atoms with Crippen molar-refractivity contribution in [2.75, 3.05) is 20.1 Å². The van der Waals surface area contributed by atoms with Crippen LogP contribution in [0.15, 0.2) is 48.5 Å². The maximum Gasteiger partial charge on any atom is 0.324 e. The summed E-state index contributed by atoms with van der Waals surface area (Å²) in [7, 11) is 2.99. The topological polar surface area (TPSA) is 95.7 Å². The molecule has 1 aromatic heterocycles. The Kier molecular flexibility index (Phi) is 4.25. The van der Waals surface area contributed by atoms with Crippen LogP contribution in [-0.2, 0) is 16.0 Å². The monoisotopic (exact) mass is 366 g/mol. The lowest BCUT2D eigenvalue weighted by Crippen LogP contribution is -2.53. The van der Waals surface area contributed by atoms with Gasteiger partial charge in [0.05, 0.1) is 31.5 Å². The van der Waals surface area contributed by atoms with Crippen LogP contribution < -0.4 is 16.4 Å². The molecule has 0 unspecified atom stereocenters. The van der Waals surface area contributed by atoms with Crippen molar-refractivity contribution >= 4 is 16.9 Å².